The summed E-state index contributed by atoms with van der Waals surface area (Å²) in [5, 5.41) is 12.8. The van der Waals surface area contributed by atoms with Crippen LogP contribution in [-0.2, 0) is 5.75 Å². The van der Waals surface area contributed by atoms with Crippen LogP contribution in [0.3, 0.4) is 0 Å². The first-order valence-electron chi connectivity index (χ1n) is 6.55. The number of aryl methyl sites for hydroxylation is 1. The quantitative estimate of drug-likeness (QED) is 0.675. The maximum Gasteiger partial charge on any atom is 0.214 e. The van der Waals surface area contributed by atoms with Crippen molar-refractivity contribution in [2.75, 3.05) is 0 Å². The highest BCUT2D eigenvalue weighted by atomic mass is 35.5. The smallest absolute Gasteiger partial charge is 0.207 e. The molecule has 112 valence electrons. The van der Waals surface area contributed by atoms with Gasteiger partial charge in [-0.25, -0.2) is 4.39 Å². The number of nitrogens with zero attached hydrogens (tertiary/aromatic N) is 4. The van der Waals surface area contributed by atoms with E-state index in [9.17, 15) is 4.39 Å². The van der Waals surface area contributed by atoms with Crippen molar-refractivity contribution < 1.29 is 4.39 Å². The molecule has 4 nitrogen and oxygen atoms in total. The van der Waals surface area contributed by atoms with E-state index in [-0.39, 0.29) is 5.82 Å². The fourth-order valence-electron chi connectivity index (χ4n) is 1.90. The van der Waals surface area contributed by atoms with Crippen molar-refractivity contribution in [3.63, 3.8) is 0 Å². The summed E-state index contributed by atoms with van der Waals surface area (Å²) in [4.78, 5) is 0. The normalized spacial score (nSPS) is 10.9. The molecule has 1 aromatic heterocycles. The predicted molar refractivity (Wildman–Crippen MR) is 84.9 cm³/mol. The average molecular weight is 335 g/mol. The maximum absolute atomic E-state index is 13.1. The lowest BCUT2D eigenvalue weighted by atomic mass is 10.2. The highest BCUT2D eigenvalue weighted by Crippen LogP contribution is 2.26. The molecule has 2 aromatic carbocycles. The molecule has 3 rings (SSSR count). The fraction of sp³-hybridized carbons (Fsp3) is 0.133. The van der Waals surface area contributed by atoms with Crippen molar-refractivity contribution in [1.29, 1.82) is 0 Å². The summed E-state index contributed by atoms with van der Waals surface area (Å²) in [7, 11) is 0. The van der Waals surface area contributed by atoms with Gasteiger partial charge in [0.15, 0.2) is 0 Å². The number of hydrogen-bond donors (Lipinski definition) is 0. The highest BCUT2D eigenvalue weighted by Gasteiger charge is 2.10. The van der Waals surface area contributed by atoms with Gasteiger partial charge in [-0.1, -0.05) is 47.1 Å². The van der Waals surface area contributed by atoms with Crippen molar-refractivity contribution in [3.05, 3.63) is 64.4 Å². The molecule has 0 N–H and O–H groups in total. The third kappa shape index (κ3) is 3.28. The second-order valence-electron chi connectivity index (χ2n) is 4.73. The number of halogens is 2. The van der Waals surface area contributed by atoms with Crippen LogP contribution in [0.15, 0.2) is 47.6 Å². The number of tetrazole rings is 1. The lowest BCUT2D eigenvalue weighted by Crippen LogP contribution is -1.99. The van der Waals surface area contributed by atoms with Crippen molar-refractivity contribution in [3.8, 4) is 5.69 Å². The third-order valence-corrected chi connectivity index (χ3v) is 4.41. The molecule has 1 heterocycles. The molecule has 3 aromatic rings. The Kier molecular flexibility index (Phi) is 4.40. The Labute approximate surface area is 136 Å². The molecule has 0 fully saturated rings. The highest BCUT2D eigenvalue weighted by molar-refractivity contribution is 7.98. The molecular weight excluding hydrogens is 323 g/mol. The van der Waals surface area contributed by atoms with Gasteiger partial charge in [0.25, 0.3) is 0 Å². The second kappa shape index (κ2) is 6.46. The molecule has 0 spiro atoms. The third-order valence-electron chi connectivity index (χ3n) is 3.09. The summed E-state index contributed by atoms with van der Waals surface area (Å²) < 4.78 is 14.7. The molecule has 7 heteroatoms. The summed E-state index contributed by atoms with van der Waals surface area (Å²) in [6, 6.07) is 12.3. The monoisotopic (exact) mass is 334 g/mol. The molecule has 0 saturated carbocycles. The van der Waals surface area contributed by atoms with E-state index in [0.29, 0.717) is 15.9 Å². The van der Waals surface area contributed by atoms with Crippen LogP contribution in [0, 0.1) is 12.7 Å². The Morgan fingerprint density at radius 3 is 2.68 bits per heavy atom. The summed E-state index contributed by atoms with van der Waals surface area (Å²) in [6.07, 6.45) is 0. The Morgan fingerprint density at radius 2 is 1.95 bits per heavy atom. The first-order chi connectivity index (χ1) is 10.6. The zero-order valence-corrected chi connectivity index (χ0v) is 13.3. The van der Waals surface area contributed by atoms with Crippen molar-refractivity contribution in [1.82, 2.24) is 20.2 Å². The average Bonchev–Trinajstić information content (AvgIpc) is 2.95. The van der Waals surface area contributed by atoms with Gasteiger partial charge in [-0.2, -0.15) is 4.68 Å². The van der Waals surface area contributed by atoms with E-state index in [0.717, 1.165) is 11.3 Å². The van der Waals surface area contributed by atoms with Crippen LogP contribution < -0.4 is 0 Å². The number of rotatable bonds is 4. The van der Waals surface area contributed by atoms with Gasteiger partial charge in [0, 0.05) is 10.8 Å². The van der Waals surface area contributed by atoms with Crippen LogP contribution in [0.4, 0.5) is 4.39 Å². The minimum absolute atomic E-state index is 0.344. The second-order valence-corrected chi connectivity index (χ2v) is 6.08. The van der Waals surface area contributed by atoms with E-state index >= 15 is 0 Å². The van der Waals surface area contributed by atoms with E-state index < -0.39 is 0 Å². The molecule has 0 amide bonds. The maximum atomic E-state index is 13.1. The van der Waals surface area contributed by atoms with E-state index in [4.69, 9.17) is 11.6 Å². The Bertz CT molecular complexity index is 788. The topological polar surface area (TPSA) is 43.6 Å². The lowest BCUT2D eigenvalue weighted by molar-refractivity contribution is 0.627. The van der Waals surface area contributed by atoms with Crippen LogP contribution in [0.2, 0.25) is 5.02 Å². The Balaban J connectivity index is 1.79. The van der Waals surface area contributed by atoms with Gasteiger partial charge in [0.1, 0.15) is 5.82 Å². The van der Waals surface area contributed by atoms with E-state index in [1.54, 1.807) is 10.7 Å². The first-order valence-corrected chi connectivity index (χ1v) is 7.92. The molecule has 0 aliphatic rings. The minimum atomic E-state index is -0.344. The molecule has 0 bridgehead atoms. The van der Waals surface area contributed by atoms with E-state index in [1.165, 1.54) is 29.5 Å². The zero-order chi connectivity index (χ0) is 15.5. The molecule has 0 saturated heterocycles. The van der Waals surface area contributed by atoms with Gasteiger partial charge >= 0.3 is 0 Å². The largest absolute Gasteiger partial charge is 0.214 e. The SMILES string of the molecule is Cc1ccc(-n2nnnc2SCc2ccc(F)cc2Cl)cc1. The van der Waals surface area contributed by atoms with Gasteiger partial charge in [0.05, 0.1) is 5.69 Å². The van der Waals surface area contributed by atoms with Crippen LogP contribution in [0.5, 0.6) is 0 Å². The van der Waals surface area contributed by atoms with E-state index in [1.807, 2.05) is 31.2 Å². The summed E-state index contributed by atoms with van der Waals surface area (Å²) in [5.41, 5.74) is 2.90. The number of benzene rings is 2. The summed E-state index contributed by atoms with van der Waals surface area (Å²) in [5.74, 6) is 0.217. The summed E-state index contributed by atoms with van der Waals surface area (Å²) >= 11 is 7.48. The molecule has 0 aliphatic heterocycles. The van der Waals surface area contributed by atoms with Gasteiger partial charge < -0.3 is 0 Å². The Hall–Kier alpha value is -1.92. The van der Waals surface area contributed by atoms with Crippen LogP contribution >= 0.6 is 23.4 Å². The predicted octanol–water partition coefficient (Wildman–Crippen LogP) is 4.06. The van der Waals surface area contributed by atoms with Crippen LogP contribution in [0.25, 0.3) is 5.69 Å². The van der Waals surface area contributed by atoms with Crippen molar-refractivity contribution >= 4 is 23.4 Å². The molecule has 0 radical (unpaired) electrons. The number of thioether (sulfide) groups is 1. The van der Waals surface area contributed by atoms with Gasteiger partial charge in [-0.3, -0.25) is 0 Å². The van der Waals surface area contributed by atoms with Gasteiger partial charge in [0.2, 0.25) is 5.16 Å². The van der Waals surface area contributed by atoms with Crippen molar-refractivity contribution in [2.45, 2.75) is 17.8 Å². The molecule has 0 atom stereocenters. The van der Waals surface area contributed by atoms with Gasteiger partial charge in [-0.05, 0) is 47.2 Å². The molecule has 22 heavy (non-hydrogen) atoms. The van der Waals surface area contributed by atoms with Crippen LogP contribution in [0.1, 0.15) is 11.1 Å². The number of hydrogen-bond acceptors (Lipinski definition) is 4. The summed E-state index contributed by atoms with van der Waals surface area (Å²) in [6.45, 7) is 2.02. The minimum Gasteiger partial charge on any atom is -0.207 e. The molecule has 0 unspecified atom stereocenters. The van der Waals surface area contributed by atoms with E-state index in [2.05, 4.69) is 15.5 Å². The zero-order valence-electron chi connectivity index (χ0n) is 11.7. The molecular formula is C15H12ClFN4S. The van der Waals surface area contributed by atoms with Crippen molar-refractivity contribution in [2.24, 2.45) is 0 Å². The van der Waals surface area contributed by atoms with Crippen LogP contribution in [-0.4, -0.2) is 20.2 Å². The van der Waals surface area contributed by atoms with Gasteiger partial charge in [-0.15, -0.1) is 5.10 Å². The Morgan fingerprint density at radius 1 is 1.18 bits per heavy atom. The number of aromatic nitrogens is 4. The first kappa shape index (κ1) is 15.0. The standard InChI is InChI=1S/C15H12ClFN4S/c1-10-2-6-13(7-3-10)21-15(18-19-20-21)22-9-11-4-5-12(17)8-14(11)16/h2-8H,9H2,1H3. The lowest BCUT2D eigenvalue weighted by Gasteiger charge is -2.06. The fourth-order valence-corrected chi connectivity index (χ4v) is 3.11. The molecule has 0 aliphatic carbocycles.